The molecule has 0 bridgehead atoms. The number of aromatic nitrogens is 2. The summed E-state index contributed by atoms with van der Waals surface area (Å²) in [5.41, 5.74) is 5.40. The zero-order valence-corrected chi connectivity index (χ0v) is 9.98. The zero-order valence-electron chi connectivity index (χ0n) is 9.98. The highest BCUT2D eigenvalue weighted by molar-refractivity contribution is 5.90. The molecule has 1 fully saturated rings. The highest BCUT2D eigenvalue weighted by Crippen LogP contribution is 2.39. The summed E-state index contributed by atoms with van der Waals surface area (Å²) >= 11 is 0. The first-order valence-electron chi connectivity index (χ1n) is 6.05. The van der Waals surface area contributed by atoms with Crippen LogP contribution in [0.1, 0.15) is 44.4 Å². The molecule has 1 aromatic rings. The fourth-order valence-corrected chi connectivity index (χ4v) is 1.56. The Balaban J connectivity index is 1.83. The van der Waals surface area contributed by atoms with Gasteiger partial charge in [-0.25, -0.2) is 0 Å². The first-order chi connectivity index (χ1) is 8.20. The van der Waals surface area contributed by atoms with Gasteiger partial charge in [0.05, 0.1) is 0 Å². The van der Waals surface area contributed by atoms with Crippen LogP contribution in [0.15, 0.2) is 4.42 Å². The van der Waals surface area contributed by atoms with Crippen LogP contribution in [-0.4, -0.2) is 22.6 Å². The first kappa shape index (κ1) is 12.0. The monoisotopic (exact) mass is 238 g/mol. The Morgan fingerprint density at radius 1 is 1.59 bits per heavy atom. The smallest absolute Gasteiger partial charge is 0.322 e. The Labute approximate surface area is 100.0 Å². The van der Waals surface area contributed by atoms with E-state index in [2.05, 4.69) is 15.5 Å². The highest BCUT2D eigenvalue weighted by Gasteiger charge is 2.29. The van der Waals surface area contributed by atoms with Crippen molar-refractivity contribution in [1.82, 2.24) is 10.2 Å². The highest BCUT2D eigenvalue weighted by atomic mass is 16.4. The maximum atomic E-state index is 11.7. The van der Waals surface area contributed by atoms with Crippen molar-refractivity contribution in [2.75, 3.05) is 11.9 Å². The lowest BCUT2D eigenvalue weighted by molar-refractivity contribution is -0.119. The van der Waals surface area contributed by atoms with E-state index in [-0.39, 0.29) is 17.8 Å². The lowest BCUT2D eigenvalue weighted by atomic mass is 10.1. The van der Waals surface area contributed by atoms with Gasteiger partial charge in [0, 0.05) is 11.8 Å². The molecule has 1 aromatic heterocycles. The summed E-state index contributed by atoms with van der Waals surface area (Å²) in [6, 6.07) is 0.205. The van der Waals surface area contributed by atoms with Crippen molar-refractivity contribution in [3.8, 4) is 0 Å². The molecule has 0 aromatic carbocycles. The Bertz CT molecular complexity index is 387. The number of amides is 1. The molecule has 1 saturated carbocycles. The first-order valence-corrected chi connectivity index (χ1v) is 6.05. The number of nitrogens with one attached hydrogen (secondary N) is 1. The third-order valence-electron chi connectivity index (χ3n) is 2.89. The van der Waals surface area contributed by atoms with Crippen LogP contribution in [0.2, 0.25) is 0 Å². The molecular formula is C11H18N4O2. The molecule has 1 atom stereocenters. The van der Waals surface area contributed by atoms with E-state index < -0.39 is 0 Å². The molecule has 0 spiro atoms. The Hall–Kier alpha value is -1.43. The van der Waals surface area contributed by atoms with Crippen LogP contribution in [0.4, 0.5) is 6.01 Å². The van der Waals surface area contributed by atoms with E-state index in [9.17, 15) is 4.79 Å². The summed E-state index contributed by atoms with van der Waals surface area (Å²) < 4.78 is 5.35. The topological polar surface area (TPSA) is 94.0 Å². The quantitative estimate of drug-likeness (QED) is 0.778. The van der Waals surface area contributed by atoms with Gasteiger partial charge >= 0.3 is 6.01 Å². The van der Waals surface area contributed by atoms with Crippen LogP contribution in [0.5, 0.6) is 0 Å². The second kappa shape index (κ2) is 5.27. The Morgan fingerprint density at radius 3 is 3.00 bits per heavy atom. The van der Waals surface area contributed by atoms with Crippen molar-refractivity contribution >= 4 is 11.9 Å². The summed E-state index contributed by atoms with van der Waals surface area (Å²) in [5.74, 6) is 0.858. The standard InChI is InChI=1S/C11H18N4O2/c1-7(3-2-6-12)9(16)13-11-15-14-10(17-11)8-4-5-8/h7-8H,2-6,12H2,1H3,(H,13,15,16). The van der Waals surface area contributed by atoms with Crippen molar-refractivity contribution in [3.05, 3.63) is 5.89 Å². The number of anilines is 1. The molecule has 3 N–H and O–H groups in total. The van der Waals surface area contributed by atoms with Crippen LogP contribution in [0.25, 0.3) is 0 Å². The van der Waals surface area contributed by atoms with E-state index in [0.29, 0.717) is 18.4 Å². The number of rotatable bonds is 6. The van der Waals surface area contributed by atoms with E-state index in [1.165, 1.54) is 0 Å². The number of nitrogens with two attached hydrogens (primary N) is 1. The number of hydrogen-bond acceptors (Lipinski definition) is 5. The minimum atomic E-state index is -0.0931. The van der Waals surface area contributed by atoms with Crippen molar-refractivity contribution in [2.24, 2.45) is 11.7 Å². The van der Waals surface area contributed by atoms with Crippen LogP contribution >= 0.6 is 0 Å². The van der Waals surface area contributed by atoms with Gasteiger partial charge in [-0.3, -0.25) is 10.1 Å². The fraction of sp³-hybridized carbons (Fsp3) is 0.727. The molecule has 6 heteroatoms. The van der Waals surface area contributed by atoms with Crippen LogP contribution in [0, 0.1) is 5.92 Å². The summed E-state index contributed by atoms with van der Waals surface area (Å²) in [6.07, 6.45) is 3.81. The summed E-state index contributed by atoms with van der Waals surface area (Å²) in [6.45, 7) is 2.47. The van der Waals surface area contributed by atoms with Crippen LogP contribution in [0.3, 0.4) is 0 Å². The Morgan fingerprint density at radius 2 is 2.35 bits per heavy atom. The van der Waals surface area contributed by atoms with Gasteiger partial charge in [0.1, 0.15) is 0 Å². The van der Waals surface area contributed by atoms with E-state index in [1.807, 2.05) is 6.92 Å². The van der Waals surface area contributed by atoms with Gasteiger partial charge < -0.3 is 10.2 Å². The zero-order chi connectivity index (χ0) is 12.3. The molecule has 94 valence electrons. The molecule has 1 aliphatic rings. The summed E-state index contributed by atoms with van der Waals surface area (Å²) in [4.78, 5) is 11.7. The lowest BCUT2D eigenvalue weighted by Gasteiger charge is -2.08. The average Bonchev–Trinajstić information content (AvgIpc) is 3.07. The summed E-state index contributed by atoms with van der Waals surface area (Å²) in [5, 5.41) is 10.3. The lowest BCUT2D eigenvalue weighted by Crippen LogP contribution is -2.21. The van der Waals surface area contributed by atoms with Crippen LogP contribution in [-0.2, 0) is 4.79 Å². The largest absolute Gasteiger partial charge is 0.408 e. The maximum absolute atomic E-state index is 11.7. The second-order valence-corrected chi connectivity index (χ2v) is 4.54. The molecular weight excluding hydrogens is 220 g/mol. The molecule has 1 unspecified atom stereocenters. The van der Waals surface area contributed by atoms with Crippen molar-refractivity contribution < 1.29 is 9.21 Å². The maximum Gasteiger partial charge on any atom is 0.322 e. The average molecular weight is 238 g/mol. The molecule has 6 nitrogen and oxygen atoms in total. The van der Waals surface area contributed by atoms with Gasteiger partial charge in [0.2, 0.25) is 11.8 Å². The predicted molar refractivity (Wildman–Crippen MR) is 62.4 cm³/mol. The van der Waals surface area contributed by atoms with Gasteiger partial charge in [0.25, 0.3) is 0 Å². The SMILES string of the molecule is CC(CCCN)C(=O)Nc1nnc(C2CC2)o1. The molecule has 1 aliphatic carbocycles. The van der Waals surface area contributed by atoms with E-state index in [4.69, 9.17) is 10.2 Å². The molecule has 1 amide bonds. The third kappa shape index (κ3) is 3.26. The molecule has 2 rings (SSSR count). The number of hydrogen-bond donors (Lipinski definition) is 2. The normalized spacial score (nSPS) is 16.8. The van der Waals surface area contributed by atoms with Gasteiger partial charge in [-0.2, -0.15) is 0 Å². The molecule has 1 heterocycles. The number of nitrogens with zero attached hydrogens (tertiary/aromatic N) is 2. The molecule has 0 radical (unpaired) electrons. The predicted octanol–water partition coefficient (Wildman–Crippen LogP) is 1.26. The van der Waals surface area contributed by atoms with Crippen molar-refractivity contribution in [3.63, 3.8) is 0 Å². The van der Waals surface area contributed by atoms with Crippen molar-refractivity contribution in [2.45, 2.75) is 38.5 Å². The van der Waals surface area contributed by atoms with Crippen LogP contribution < -0.4 is 11.1 Å². The van der Waals surface area contributed by atoms with Gasteiger partial charge in [-0.05, 0) is 32.2 Å². The Kier molecular flexibility index (Phi) is 3.73. The van der Waals surface area contributed by atoms with E-state index >= 15 is 0 Å². The second-order valence-electron chi connectivity index (χ2n) is 4.54. The van der Waals surface area contributed by atoms with Gasteiger partial charge in [-0.15, -0.1) is 5.10 Å². The molecule has 0 aliphatic heterocycles. The fourth-order valence-electron chi connectivity index (χ4n) is 1.56. The summed E-state index contributed by atoms with van der Waals surface area (Å²) in [7, 11) is 0. The van der Waals surface area contributed by atoms with Gasteiger partial charge in [-0.1, -0.05) is 12.0 Å². The third-order valence-corrected chi connectivity index (χ3v) is 2.89. The van der Waals surface area contributed by atoms with Crippen molar-refractivity contribution in [1.29, 1.82) is 0 Å². The van der Waals surface area contributed by atoms with Gasteiger partial charge in [0.15, 0.2) is 0 Å². The molecule has 17 heavy (non-hydrogen) atoms. The minimum Gasteiger partial charge on any atom is -0.408 e. The van der Waals surface area contributed by atoms with E-state index in [0.717, 1.165) is 25.7 Å². The molecule has 0 saturated heterocycles. The van der Waals surface area contributed by atoms with E-state index in [1.54, 1.807) is 0 Å². The number of carbonyl (C=O) groups is 1. The number of carbonyl (C=O) groups excluding carboxylic acids is 1. The minimum absolute atomic E-state index is 0.0881.